The highest BCUT2D eigenvalue weighted by Gasteiger charge is 2.22. The number of rotatable bonds is 5. The Morgan fingerprint density at radius 2 is 2.10 bits per heavy atom. The molecule has 3 nitrogen and oxygen atoms in total. The minimum Gasteiger partial charge on any atom is -0.372 e. The zero-order chi connectivity index (χ0) is 14.6. The van der Waals surface area contributed by atoms with Crippen LogP contribution in [0.4, 0.5) is 0 Å². The van der Waals surface area contributed by atoms with Gasteiger partial charge in [-0.2, -0.15) is 0 Å². The summed E-state index contributed by atoms with van der Waals surface area (Å²) < 4.78 is 6.06. The van der Waals surface area contributed by atoms with Gasteiger partial charge in [0, 0.05) is 17.5 Å². The molecule has 2 rings (SSSR count). The molecule has 20 heavy (non-hydrogen) atoms. The fraction of sp³-hybridized carbons (Fsp3) is 0.812. The van der Waals surface area contributed by atoms with Crippen molar-refractivity contribution < 1.29 is 4.74 Å². The lowest BCUT2D eigenvalue weighted by atomic mass is 9.88. The van der Waals surface area contributed by atoms with Gasteiger partial charge in [0.15, 0.2) is 0 Å². The van der Waals surface area contributed by atoms with E-state index in [1.54, 1.807) is 11.3 Å². The zero-order valence-electron chi connectivity index (χ0n) is 13.2. The van der Waals surface area contributed by atoms with E-state index in [9.17, 15) is 0 Å². The SMILES string of the molecule is CC1CCCCC1OCc1csc(CNC(C)(C)C)n1. The molecular weight excluding hydrogens is 268 g/mol. The first-order valence-electron chi connectivity index (χ1n) is 7.74. The van der Waals surface area contributed by atoms with E-state index in [0.29, 0.717) is 18.6 Å². The predicted octanol–water partition coefficient (Wildman–Crippen LogP) is 4.13. The van der Waals surface area contributed by atoms with Gasteiger partial charge in [0.1, 0.15) is 5.01 Å². The summed E-state index contributed by atoms with van der Waals surface area (Å²) in [4.78, 5) is 4.65. The fourth-order valence-corrected chi connectivity index (χ4v) is 3.28. The van der Waals surface area contributed by atoms with Crippen LogP contribution in [0.15, 0.2) is 5.38 Å². The van der Waals surface area contributed by atoms with E-state index >= 15 is 0 Å². The third kappa shape index (κ3) is 5.15. The zero-order valence-corrected chi connectivity index (χ0v) is 14.1. The minimum absolute atomic E-state index is 0.139. The van der Waals surface area contributed by atoms with Crippen molar-refractivity contribution in [3.63, 3.8) is 0 Å². The van der Waals surface area contributed by atoms with Gasteiger partial charge in [0.2, 0.25) is 0 Å². The second-order valence-electron chi connectivity index (χ2n) is 6.95. The van der Waals surface area contributed by atoms with Crippen molar-refractivity contribution in [2.75, 3.05) is 0 Å². The topological polar surface area (TPSA) is 34.1 Å². The van der Waals surface area contributed by atoms with E-state index in [1.807, 2.05) is 0 Å². The van der Waals surface area contributed by atoms with E-state index < -0.39 is 0 Å². The summed E-state index contributed by atoms with van der Waals surface area (Å²) in [5.41, 5.74) is 1.22. The van der Waals surface area contributed by atoms with Crippen LogP contribution in [-0.4, -0.2) is 16.6 Å². The second kappa shape index (κ2) is 7.01. The molecule has 1 aliphatic carbocycles. The third-order valence-electron chi connectivity index (χ3n) is 3.85. The molecule has 0 aliphatic heterocycles. The predicted molar refractivity (Wildman–Crippen MR) is 84.9 cm³/mol. The van der Waals surface area contributed by atoms with Gasteiger partial charge in [-0.15, -0.1) is 11.3 Å². The van der Waals surface area contributed by atoms with Crippen molar-refractivity contribution in [2.24, 2.45) is 5.92 Å². The Balaban J connectivity index is 1.77. The van der Waals surface area contributed by atoms with Gasteiger partial charge in [-0.3, -0.25) is 0 Å². The monoisotopic (exact) mass is 296 g/mol. The number of ether oxygens (including phenoxy) is 1. The van der Waals surface area contributed by atoms with Gasteiger partial charge in [-0.25, -0.2) is 4.98 Å². The molecule has 1 saturated carbocycles. The molecule has 4 heteroatoms. The summed E-state index contributed by atoms with van der Waals surface area (Å²) in [6, 6.07) is 0. The summed E-state index contributed by atoms with van der Waals surface area (Å²) in [6.45, 7) is 10.3. The Morgan fingerprint density at radius 1 is 1.35 bits per heavy atom. The molecule has 0 bridgehead atoms. The first-order chi connectivity index (χ1) is 9.44. The van der Waals surface area contributed by atoms with Crippen molar-refractivity contribution in [3.8, 4) is 0 Å². The van der Waals surface area contributed by atoms with Crippen LogP contribution in [0.3, 0.4) is 0 Å². The molecule has 0 aromatic carbocycles. The summed E-state index contributed by atoms with van der Waals surface area (Å²) in [6.07, 6.45) is 5.63. The largest absolute Gasteiger partial charge is 0.372 e. The Kier molecular flexibility index (Phi) is 5.58. The van der Waals surface area contributed by atoms with Gasteiger partial charge in [0.05, 0.1) is 18.4 Å². The molecule has 1 aliphatic rings. The maximum atomic E-state index is 6.06. The van der Waals surface area contributed by atoms with Gasteiger partial charge in [-0.05, 0) is 39.5 Å². The van der Waals surface area contributed by atoms with Crippen LogP contribution in [-0.2, 0) is 17.9 Å². The molecule has 1 aromatic rings. The Labute approximate surface area is 127 Å². The quantitative estimate of drug-likeness (QED) is 0.887. The van der Waals surface area contributed by atoms with Crippen LogP contribution in [0.1, 0.15) is 64.1 Å². The fourth-order valence-electron chi connectivity index (χ4n) is 2.56. The molecule has 1 fully saturated rings. The van der Waals surface area contributed by atoms with Crippen molar-refractivity contribution >= 4 is 11.3 Å². The van der Waals surface area contributed by atoms with Gasteiger partial charge >= 0.3 is 0 Å². The van der Waals surface area contributed by atoms with Gasteiger partial charge < -0.3 is 10.1 Å². The number of nitrogens with one attached hydrogen (secondary N) is 1. The lowest BCUT2D eigenvalue weighted by Crippen LogP contribution is -2.35. The first kappa shape index (κ1) is 15.9. The average Bonchev–Trinajstić information content (AvgIpc) is 2.83. The van der Waals surface area contributed by atoms with E-state index in [-0.39, 0.29) is 5.54 Å². The number of nitrogens with zero attached hydrogens (tertiary/aromatic N) is 1. The minimum atomic E-state index is 0.139. The Bertz CT molecular complexity index is 411. The number of thiazole rings is 1. The molecule has 0 radical (unpaired) electrons. The van der Waals surface area contributed by atoms with Crippen LogP contribution < -0.4 is 5.32 Å². The van der Waals surface area contributed by atoms with E-state index in [4.69, 9.17) is 4.74 Å². The number of aromatic nitrogens is 1. The molecule has 1 heterocycles. The van der Waals surface area contributed by atoms with E-state index in [1.165, 1.54) is 25.7 Å². The van der Waals surface area contributed by atoms with E-state index in [0.717, 1.165) is 17.2 Å². The lowest BCUT2D eigenvalue weighted by Gasteiger charge is -2.28. The maximum Gasteiger partial charge on any atom is 0.107 e. The first-order valence-corrected chi connectivity index (χ1v) is 8.62. The van der Waals surface area contributed by atoms with Crippen molar-refractivity contribution in [2.45, 2.75) is 78.2 Å². The van der Waals surface area contributed by atoms with E-state index in [2.05, 4.69) is 43.4 Å². The highest BCUT2D eigenvalue weighted by molar-refractivity contribution is 7.09. The average molecular weight is 296 g/mol. The Hall–Kier alpha value is -0.450. The molecule has 114 valence electrons. The van der Waals surface area contributed by atoms with Crippen LogP contribution in [0.2, 0.25) is 0 Å². The summed E-state index contributed by atoms with van der Waals surface area (Å²) in [7, 11) is 0. The summed E-state index contributed by atoms with van der Waals surface area (Å²) in [5.74, 6) is 0.699. The van der Waals surface area contributed by atoms with Gasteiger partial charge in [-0.1, -0.05) is 19.8 Å². The molecule has 2 unspecified atom stereocenters. The molecule has 0 amide bonds. The second-order valence-corrected chi connectivity index (χ2v) is 7.89. The van der Waals surface area contributed by atoms with Gasteiger partial charge in [0.25, 0.3) is 0 Å². The molecular formula is C16H28N2OS. The number of hydrogen-bond donors (Lipinski definition) is 1. The van der Waals surface area contributed by atoms with Crippen molar-refractivity contribution in [1.29, 1.82) is 0 Å². The van der Waals surface area contributed by atoms with Crippen LogP contribution in [0.25, 0.3) is 0 Å². The maximum absolute atomic E-state index is 6.06. The Morgan fingerprint density at radius 3 is 2.80 bits per heavy atom. The third-order valence-corrected chi connectivity index (χ3v) is 4.74. The highest BCUT2D eigenvalue weighted by atomic mass is 32.1. The van der Waals surface area contributed by atoms with Crippen LogP contribution >= 0.6 is 11.3 Å². The van der Waals surface area contributed by atoms with Crippen molar-refractivity contribution in [3.05, 3.63) is 16.1 Å². The smallest absolute Gasteiger partial charge is 0.107 e. The van der Waals surface area contributed by atoms with Crippen molar-refractivity contribution in [1.82, 2.24) is 10.3 Å². The highest BCUT2D eigenvalue weighted by Crippen LogP contribution is 2.27. The number of hydrogen-bond acceptors (Lipinski definition) is 4. The molecule has 1 aromatic heterocycles. The molecule has 1 N–H and O–H groups in total. The standard InChI is InChI=1S/C16H28N2OS/c1-12-7-5-6-8-14(12)19-10-13-11-20-15(18-13)9-17-16(2,3)4/h11-12,14,17H,5-10H2,1-4H3. The normalized spacial score (nSPS) is 24.0. The van der Waals surface area contributed by atoms with Crippen LogP contribution in [0, 0.1) is 5.92 Å². The summed E-state index contributed by atoms with van der Waals surface area (Å²) in [5, 5.41) is 6.75. The lowest BCUT2D eigenvalue weighted by molar-refractivity contribution is -0.0166. The molecule has 0 saturated heterocycles. The molecule has 2 atom stereocenters. The molecule has 0 spiro atoms. The van der Waals surface area contributed by atoms with Crippen LogP contribution in [0.5, 0.6) is 0 Å². The summed E-state index contributed by atoms with van der Waals surface area (Å²) >= 11 is 1.72.